The molecular formula is C15H14BrFN2O. The van der Waals surface area contributed by atoms with Crippen LogP contribution in [0.25, 0.3) is 0 Å². The molecule has 5 heteroatoms. The van der Waals surface area contributed by atoms with Gasteiger partial charge < -0.3 is 10.6 Å². The molecule has 0 atom stereocenters. The summed E-state index contributed by atoms with van der Waals surface area (Å²) >= 11 is 3.22. The van der Waals surface area contributed by atoms with E-state index in [2.05, 4.69) is 26.6 Å². The molecule has 104 valence electrons. The number of nitrogens with one attached hydrogen (secondary N) is 2. The molecule has 0 aromatic heterocycles. The molecule has 0 radical (unpaired) electrons. The van der Waals surface area contributed by atoms with Gasteiger partial charge in [0.25, 0.3) is 5.91 Å². The predicted molar refractivity (Wildman–Crippen MR) is 82.8 cm³/mol. The van der Waals surface area contributed by atoms with Gasteiger partial charge in [0.05, 0.1) is 5.69 Å². The van der Waals surface area contributed by atoms with Crippen LogP contribution in [0.4, 0.5) is 15.8 Å². The van der Waals surface area contributed by atoms with Crippen LogP contribution in [0, 0.1) is 12.7 Å². The number of anilines is 2. The fourth-order valence-electron chi connectivity index (χ4n) is 1.85. The van der Waals surface area contributed by atoms with Gasteiger partial charge in [-0.25, -0.2) is 4.39 Å². The molecule has 0 saturated heterocycles. The van der Waals surface area contributed by atoms with Gasteiger partial charge in [0.15, 0.2) is 0 Å². The van der Waals surface area contributed by atoms with Crippen LogP contribution in [0.15, 0.2) is 40.9 Å². The normalized spacial score (nSPS) is 10.2. The zero-order valence-corrected chi connectivity index (χ0v) is 12.7. The number of hydrogen-bond acceptors (Lipinski definition) is 2. The summed E-state index contributed by atoms with van der Waals surface area (Å²) in [6, 6.07) is 9.63. The highest BCUT2D eigenvalue weighted by Crippen LogP contribution is 2.24. The Hall–Kier alpha value is -1.88. The van der Waals surface area contributed by atoms with Gasteiger partial charge in [0, 0.05) is 22.8 Å². The van der Waals surface area contributed by atoms with Crippen molar-refractivity contribution in [3.05, 3.63) is 57.8 Å². The molecule has 0 aliphatic carbocycles. The molecule has 2 rings (SSSR count). The Kier molecular flexibility index (Phi) is 4.39. The Bertz CT molecular complexity index is 658. The van der Waals surface area contributed by atoms with Crippen LogP contribution in [-0.4, -0.2) is 13.0 Å². The second kappa shape index (κ2) is 6.05. The fraction of sp³-hybridized carbons (Fsp3) is 0.133. The first-order valence-corrected chi connectivity index (χ1v) is 6.85. The largest absolute Gasteiger partial charge is 0.388 e. The van der Waals surface area contributed by atoms with Gasteiger partial charge in [-0.3, -0.25) is 4.79 Å². The molecule has 0 bridgehead atoms. The molecule has 0 aliphatic rings. The van der Waals surface area contributed by atoms with Crippen LogP contribution < -0.4 is 10.6 Å². The lowest BCUT2D eigenvalue weighted by atomic mass is 10.1. The molecule has 1 amide bonds. The van der Waals surface area contributed by atoms with Gasteiger partial charge in [-0.05, 0) is 64.8 Å². The van der Waals surface area contributed by atoms with E-state index in [9.17, 15) is 9.18 Å². The summed E-state index contributed by atoms with van der Waals surface area (Å²) in [5.41, 5.74) is 2.93. The molecule has 0 spiro atoms. The molecule has 0 heterocycles. The lowest BCUT2D eigenvalue weighted by Crippen LogP contribution is -2.14. The maximum atomic E-state index is 13.0. The summed E-state index contributed by atoms with van der Waals surface area (Å²) in [4.78, 5) is 12.2. The molecule has 3 nitrogen and oxygen atoms in total. The molecular weight excluding hydrogens is 323 g/mol. The third-order valence-electron chi connectivity index (χ3n) is 2.94. The zero-order chi connectivity index (χ0) is 14.7. The minimum atomic E-state index is -0.357. The van der Waals surface area contributed by atoms with Crippen molar-refractivity contribution in [2.75, 3.05) is 17.7 Å². The number of amides is 1. The fourth-order valence-corrected chi connectivity index (χ4v) is 2.30. The second-order valence-corrected chi connectivity index (χ2v) is 5.21. The molecule has 0 unspecified atom stereocenters. The molecule has 2 aromatic rings. The quantitative estimate of drug-likeness (QED) is 0.882. The van der Waals surface area contributed by atoms with E-state index in [0.717, 1.165) is 11.3 Å². The Morgan fingerprint density at radius 2 is 1.95 bits per heavy atom. The van der Waals surface area contributed by atoms with Crippen LogP contribution in [0.1, 0.15) is 15.9 Å². The van der Waals surface area contributed by atoms with Crippen molar-refractivity contribution in [3.63, 3.8) is 0 Å². The van der Waals surface area contributed by atoms with E-state index in [1.807, 2.05) is 26.1 Å². The van der Waals surface area contributed by atoms with Crippen LogP contribution in [0.2, 0.25) is 0 Å². The number of hydrogen-bond donors (Lipinski definition) is 2. The van der Waals surface area contributed by atoms with E-state index in [0.29, 0.717) is 15.7 Å². The van der Waals surface area contributed by atoms with Crippen molar-refractivity contribution < 1.29 is 9.18 Å². The second-order valence-electron chi connectivity index (χ2n) is 4.36. The summed E-state index contributed by atoms with van der Waals surface area (Å²) < 4.78 is 13.5. The number of halogens is 2. The van der Waals surface area contributed by atoms with Crippen LogP contribution in [0.3, 0.4) is 0 Å². The van der Waals surface area contributed by atoms with Crippen molar-refractivity contribution in [1.82, 2.24) is 0 Å². The topological polar surface area (TPSA) is 41.1 Å². The summed E-state index contributed by atoms with van der Waals surface area (Å²) in [7, 11) is 1.82. The van der Waals surface area contributed by atoms with E-state index < -0.39 is 0 Å². The molecule has 20 heavy (non-hydrogen) atoms. The van der Waals surface area contributed by atoms with Crippen molar-refractivity contribution >= 4 is 33.2 Å². The summed E-state index contributed by atoms with van der Waals surface area (Å²) in [6.07, 6.45) is 0. The highest BCUT2D eigenvalue weighted by molar-refractivity contribution is 9.10. The predicted octanol–water partition coefficient (Wildman–Crippen LogP) is 4.19. The van der Waals surface area contributed by atoms with Crippen molar-refractivity contribution in [2.45, 2.75) is 6.92 Å². The minimum Gasteiger partial charge on any atom is -0.388 e. The lowest BCUT2D eigenvalue weighted by molar-refractivity contribution is 0.102. The standard InChI is InChI=1S/C15H14BrFN2O/c1-9-7-11(18-2)4-5-12(9)15(20)19-14-6-3-10(17)8-13(14)16/h3-8,18H,1-2H3,(H,19,20). The Balaban J connectivity index is 2.24. The van der Waals surface area contributed by atoms with Gasteiger partial charge in [-0.15, -0.1) is 0 Å². The smallest absolute Gasteiger partial charge is 0.255 e. The zero-order valence-electron chi connectivity index (χ0n) is 11.1. The number of rotatable bonds is 3. The maximum Gasteiger partial charge on any atom is 0.255 e. The molecule has 2 N–H and O–H groups in total. The summed E-state index contributed by atoms with van der Waals surface area (Å²) in [6.45, 7) is 1.87. The minimum absolute atomic E-state index is 0.225. The van der Waals surface area contributed by atoms with Gasteiger partial charge in [-0.2, -0.15) is 0 Å². The van der Waals surface area contributed by atoms with Gasteiger partial charge >= 0.3 is 0 Å². The first kappa shape index (κ1) is 14.5. The summed E-state index contributed by atoms with van der Waals surface area (Å²) in [5.74, 6) is -0.582. The first-order valence-electron chi connectivity index (χ1n) is 6.06. The van der Waals surface area contributed by atoms with Crippen LogP contribution in [-0.2, 0) is 0 Å². The number of benzene rings is 2. The van der Waals surface area contributed by atoms with E-state index >= 15 is 0 Å². The van der Waals surface area contributed by atoms with E-state index in [1.165, 1.54) is 18.2 Å². The van der Waals surface area contributed by atoms with E-state index in [1.54, 1.807) is 6.07 Å². The number of carbonyl (C=O) groups is 1. The first-order chi connectivity index (χ1) is 9.51. The van der Waals surface area contributed by atoms with Crippen LogP contribution in [0.5, 0.6) is 0 Å². The van der Waals surface area contributed by atoms with Crippen molar-refractivity contribution in [2.24, 2.45) is 0 Å². The van der Waals surface area contributed by atoms with Crippen molar-refractivity contribution in [1.29, 1.82) is 0 Å². The molecule has 0 fully saturated rings. The summed E-state index contributed by atoms with van der Waals surface area (Å²) in [5, 5.41) is 5.78. The van der Waals surface area contributed by atoms with Crippen molar-refractivity contribution in [3.8, 4) is 0 Å². The average Bonchev–Trinajstić information content (AvgIpc) is 2.41. The van der Waals surface area contributed by atoms with Crippen LogP contribution >= 0.6 is 15.9 Å². The average molecular weight is 337 g/mol. The maximum absolute atomic E-state index is 13.0. The Morgan fingerprint density at radius 3 is 2.55 bits per heavy atom. The van der Waals surface area contributed by atoms with Gasteiger partial charge in [-0.1, -0.05) is 0 Å². The third kappa shape index (κ3) is 3.17. The molecule has 2 aromatic carbocycles. The molecule has 0 saturated carbocycles. The van der Waals surface area contributed by atoms with E-state index in [-0.39, 0.29) is 11.7 Å². The lowest BCUT2D eigenvalue weighted by Gasteiger charge is -2.10. The van der Waals surface area contributed by atoms with E-state index in [4.69, 9.17) is 0 Å². The number of aryl methyl sites for hydroxylation is 1. The monoisotopic (exact) mass is 336 g/mol. The Labute approximate surface area is 125 Å². The SMILES string of the molecule is CNc1ccc(C(=O)Nc2ccc(F)cc2Br)c(C)c1. The number of carbonyl (C=O) groups excluding carboxylic acids is 1. The van der Waals surface area contributed by atoms with Gasteiger partial charge in [0.2, 0.25) is 0 Å². The van der Waals surface area contributed by atoms with Gasteiger partial charge in [0.1, 0.15) is 5.82 Å². The highest BCUT2D eigenvalue weighted by Gasteiger charge is 2.11. The third-order valence-corrected chi connectivity index (χ3v) is 3.60. The Morgan fingerprint density at radius 1 is 1.20 bits per heavy atom. The highest BCUT2D eigenvalue weighted by atomic mass is 79.9. The molecule has 0 aliphatic heterocycles.